The first-order valence-corrected chi connectivity index (χ1v) is 7.72. The second-order valence-corrected chi connectivity index (χ2v) is 7.64. The van der Waals surface area contributed by atoms with Crippen LogP contribution in [0.5, 0.6) is 0 Å². The minimum absolute atomic E-state index is 0.0936. The molecule has 0 radical (unpaired) electrons. The molecule has 9 heteroatoms. The van der Waals surface area contributed by atoms with Crippen molar-refractivity contribution in [2.75, 3.05) is 12.4 Å². The lowest BCUT2D eigenvalue weighted by atomic mass is 10.1. The lowest BCUT2D eigenvalue weighted by Crippen LogP contribution is -2.41. The maximum absolute atomic E-state index is 11.7. The number of hydrogen-bond donors (Lipinski definition) is 3. The molecule has 0 aliphatic rings. The molecule has 1 rings (SSSR count). The number of nitrogens with one attached hydrogen (secondary N) is 3. The molecule has 1 aromatic rings. The van der Waals surface area contributed by atoms with Gasteiger partial charge < -0.3 is 10.6 Å². The maximum atomic E-state index is 11.7. The fraction of sp³-hybridized carbons (Fsp3) is 0.636. The first kappa shape index (κ1) is 16.7. The number of rotatable bonds is 4. The van der Waals surface area contributed by atoms with Crippen LogP contribution >= 0.6 is 23.1 Å². The van der Waals surface area contributed by atoms with Crippen molar-refractivity contribution in [3.8, 4) is 0 Å². The molecule has 0 aliphatic carbocycles. The van der Waals surface area contributed by atoms with E-state index in [0.29, 0.717) is 9.47 Å². The monoisotopic (exact) mass is 317 g/mol. The lowest BCUT2D eigenvalue weighted by Gasteiger charge is -2.18. The maximum Gasteiger partial charge on any atom is 0.321 e. The Morgan fingerprint density at radius 1 is 1.30 bits per heavy atom. The lowest BCUT2D eigenvalue weighted by molar-refractivity contribution is -0.119. The summed E-state index contributed by atoms with van der Waals surface area (Å²) in [5, 5.41) is 16.1. The quantitative estimate of drug-likeness (QED) is 0.731. The molecule has 1 aromatic heterocycles. The van der Waals surface area contributed by atoms with Gasteiger partial charge in [-0.3, -0.25) is 10.1 Å². The van der Waals surface area contributed by atoms with Crippen LogP contribution in [0.4, 0.5) is 9.93 Å². The molecule has 3 amide bonds. The molecule has 7 nitrogen and oxygen atoms in total. The predicted molar refractivity (Wildman–Crippen MR) is 81.2 cm³/mol. The van der Waals surface area contributed by atoms with E-state index < -0.39 is 11.3 Å². The molecule has 1 heterocycles. The van der Waals surface area contributed by atoms with Crippen LogP contribution in [-0.2, 0) is 4.79 Å². The fourth-order valence-corrected chi connectivity index (χ4v) is 3.21. The number of imide groups is 1. The molecule has 112 valence electrons. The third-order valence-corrected chi connectivity index (χ3v) is 4.02. The number of amides is 3. The third-order valence-electron chi connectivity index (χ3n) is 2.00. The topological polar surface area (TPSA) is 96.0 Å². The van der Waals surface area contributed by atoms with Crippen LogP contribution in [0.1, 0.15) is 27.7 Å². The summed E-state index contributed by atoms with van der Waals surface area (Å²) in [5.41, 5.74) is -0.0936. The molecule has 0 bridgehead atoms. The van der Waals surface area contributed by atoms with Gasteiger partial charge in [0.15, 0.2) is 4.34 Å². The van der Waals surface area contributed by atoms with E-state index in [9.17, 15) is 9.59 Å². The minimum atomic E-state index is -0.519. The van der Waals surface area contributed by atoms with Crippen LogP contribution in [0, 0.1) is 0 Å². The smallest absolute Gasteiger partial charge is 0.321 e. The zero-order valence-corrected chi connectivity index (χ0v) is 13.7. The third kappa shape index (κ3) is 5.74. The Hall–Kier alpha value is -1.35. The van der Waals surface area contributed by atoms with Crippen molar-refractivity contribution in [3.63, 3.8) is 0 Å². The molecular formula is C11H19N5O2S2. The Morgan fingerprint density at radius 3 is 2.50 bits per heavy atom. The Labute approximate surface area is 126 Å². The van der Waals surface area contributed by atoms with E-state index in [0.717, 1.165) is 0 Å². The van der Waals surface area contributed by atoms with Gasteiger partial charge in [-0.2, -0.15) is 0 Å². The van der Waals surface area contributed by atoms with E-state index in [2.05, 4.69) is 26.1 Å². The molecular weight excluding hydrogens is 298 g/mol. The average molecular weight is 317 g/mol. The summed E-state index contributed by atoms with van der Waals surface area (Å²) in [6, 6.07) is -0.519. The largest absolute Gasteiger partial charge is 0.355 e. The van der Waals surface area contributed by atoms with Gasteiger partial charge in [0, 0.05) is 12.6 Å². The van der Waals surface area contributed by atoms with Crippen LogP contribution in [0.15, 0.2) is 4.34 Å². The normalized spacial score (nSPS) is 12.7. The summed E-state index contributed by atoms with van der Waals surface area (Å²) < 4.78 is 0.677. The number of thioether (sulfide) groups is 1. The summed E-state index contributed by atoms with van der Waals surface area (Å²) in [5.74, 6) is -0.366. The second kappa shape index (κ2) is 6.89. The van der Waals surface area contributed by atoms with Crippen molar-refractivity contribution >= 4 is 40.2 Å². The van der Waals surface area contributed by atoms with E-state index >= 15 is 0 Å². The van der Waals surface area contributed by atoms with Crippen LogP contribution in [0.2, 0.25) is 0 Å². The number of anilines is 1. The van der Waals surface area contributed by atoms with E-state index in [4.69, 9.17) is 0 Å². The molecule has 1 atom stereocenters. The summed E-state index contributed by atoms with van der Waals surface area (Å²) >= 11 is 2.64. The zero-order valence-electron chi connectivity index (χ0n) is 12.1. The first-order chi connectivity index (χ1) is 9.21. The van der Waals surface area contributed by atoms with Gasteiger partial charge in [-0.15, -0.1) is 10.2 Å². The fourth-order valence-electron chi connectivity index (χ4n) is 1.11. The Kier molecular flexibility index (Phi) is 5.75. The minimum Gasteiger partial charge on any atom is -0.355 e. The standard InChI is InChI=1S/C11H19N5O2S2/c1-6(7(17)13-8(18)12-5)19-10-16-15-9(20-10)14-11(2,3)4/h6H,1-5H3,(H,14,15)(H2,12,13,17,18). The number of urea groups is 1. The van der Waals surface area contributed by atoms with Gasteiger partial charge in [0.1, 0.15) is 0 Å². The molecule has 1 unspecified atom stereocenters. The van der Waals surface area contributed by atoms with E-state index in [1.54, 1.807) is 6.92 Å². The van der Waals surface area contributed by atoms with E-state index in [-0.39, 0.29) is 11.4 Å². The second-order valence-electron chi connectivity index (χ2n) is 5.08. The van der Waals surface area contributed by atoms with Gasteiger partial charge in [0.2, 0.25) is 11.0 Å². The number of carbonyl (C=O) groups is 2. The number of aromatic nitrogens is 2. The van der Waals surface area contributed by atoms with E-state index in [1.807, 2.05) is 20.8 Å². The zero-order chi connectivity index (χ0) is 15.3. The number of nitrogens with zero attached hydrogens (tertiary/aromatic N) is 2. The summed E-state index contributed by atoms with van der Waals surface area (Å²) in [7, 11) is 1.45. The van der Waals surface area contributed by atoms with Crippen molar-refractivity contribution in [1.82, 2.24) is 20.8 Å². The molecule has 0 saturated heterocycles. The molecule has 0 saturated carbocycles. The summed E-state index contributed by atoms with van der Waals surface area (Å²) in [4.78, 5) is 22.8. The highest BCUT2D eigenvalue weighted by Crippen LogP contribution is 2.30. The number of carbonyl (C=O) groups excluding carboxylic acids is 2. The van der Waals surface area contributed by atoms with Crippen LogP contribution in [0.25, 0.3) is 0 Å². The summed E-state index contributed by atoms with van der Waals surface area (Å²) in [6.07, 6.45) is 0. The highest BCUT2D eigenvalue weighted by Gasteiger charge is 2.19. The van der Waals surface area contributed by atoms with Gasteiger partial charge >= 0.3 is 6.03 Å². The van der Waals surface area contributed by atoms with Gasteiger partial charge in [0.25, 0.3) is 0 Å². The average Bonchev–Trinajstić information content (AvgIpc) is 2.73. The van der Waals surface area contributed by atoms with Gasteiger partial charge in [-0.1, -0.05) is 23.1 Å². The first-order valence-electron chi connectivity index (χ1n) is 6.02. The van der Waals surface area contributed by atoms with Gasteiger partial charge in [-0.05, 0) is 27.7 Å². The Balaban J connectivity index is 2.56. The van der Waals surface area contributed by atoms with Crippen molar-refractivity contribution in [1.29, 1.82) is 0 Å². The highest BCUT2D eigenvalue weighted by molar-refractivity contribution is 8.02. The van der Waals surface area contributed by atoms with Crippen LogP contribution in [0.3, 0.4) is 0 Å². The summed E-state index contributed by atoms with van der Waals surface area (Å²) in [6.45, 7) is 7.79. The van der Waals surface area contributed by atoms with Crippen molar-refractivity contribution in [3.05, 3.63) is 0 Å². The van der Waals surface area contributed by atoms with Gasteiger partial charge in [0.05, 0.1) is 5.25 Å². The molecule has 3 N–H and O–H groups in total. The Bertz CT molecular complexity index is 483. The highest BCUT2D eigenvalue weighted by atomic mass is 32.2. The van der Waals surface area contributed by atoms with Crippen LogP contribution < -0.4 is 16.0 Å². The van der Waals surface area contributed by atoms with E-state index in [1.165, 1.54) is 30.1 Å². The SMILES string of the molecule is CNC(=O)NC(=O)C(C)Sc1nnc(NC(C)(C)C)s1. The molecule has 20 heavy (non-hydrogen) atoms. The number of hydrogen-bond acceptors (Lipinski definition) is 7. The van der Waals surface area contributed by atoms with Gasteiger partial charge in [-0.25, -0.2) is 4.79 Å². The van der Waals surface area contributed by atoms with Crippen molar-refractivity contribution in [2.24, 2.45) is 0 Å². The van der Waals surface area contributed by atoms with Crippen molar-refractivity contribution < 1.29 is 9.59 Å². The molecule has 0 aliphatic heterocycles. The molecule has 0 aromatic carbocycles. The molecule has 0 fully saturated rings. The molecule has 0 spiro atoms. The predicted octanol–water partition coefficient (Wildman–Crippen LogP) is 1.68. The van der Waals surface area contributed by atoms with Crippen LogP contribution in [-0.4, -0.2) is 40.0 Å². The Morgan fingerprint density at radius 2 is 1.95 bits per heavy atom. The van der Waals surface area contributed by atoms with Crippen molar-refractivity contribution in [2.45, 2.75) is 42.8 Å².